The normalized spacial score (nSPS) is 15.7. The van der Waals surface area contributed by atoms with E-state index in [1.807, 2.05) is 6.07 Å². The Morgan fingerprint density at radius 3 is 2.46 bits per heavy atom. The Labute approximate surface area is 195 Å². The topological polar surface area (TPSA) is 123 Å². The second-order valence-electron chi connectivity index (χ2n) is 7.82. The molecule has 0 spiro atoms. The van der Waals surface area contributed by atoms with E-state index < -0.39 is 39.8 Å². The third-order valence-electron chi connectivity index (χ3n) is 5.58. The number of sulfonamides is 1. The average molecular weight is 516 g/mol. The number of nitrogens with one attached hydrogen (secondary N) is 1. The van der Waals surface area contributed by atoms with Crippen LogP contribution in [0.15, 0.2) is 29.4 Å². The van der Waals surface area contributed by atoms with Crippen LogP contribution in [0.1, 0.15) is 37.8 Å². The summed E-state index contributed by atoms with van der Waals surface area (Å²) in [5, 5.41) is 10.1. The molecule has 0 aromatic carbocycles. The molecule has 1 fully saturated rings. The number of halogens is 5. The van der Waals surface area contributed by atoms with Crippen molar-refractivity contribution < 1.29 is 35.1 Å². The third-order valence-corrected chi connectivity index (χ3v) is 7.11. The van der Waals surface area contributed by atoms with E-state index in [0.29, 0.717) is 19.8 Å². The van der Waals surface area contributed by atoms with Gasteiger partial charge < -0.3 is 9.30 Å². The van der Waals surface area contributed by atoms with Gasteiger partial charge in [0, 0.05) is 18.4 Å². The number of hydrogen-bond donors (Lipinski definition) is 1. The first-order valence-electron chi connectivity index (χ1n) is 10.2. The van der Waals surface area contributed by atoms with Crippen molar-refractivity contribution in [2.45, 2.75) is 56.0 Å². The lowest BCUT2D eigenvalue weighted by Crippen LogP contribution is -2.42. The SMILES string of the molecule is C[C@H](NS(=O)(=O)c1ccc(-c2c(C#N)c3cnc(OC(F)F)nc3n2C2CCC2)nc1)C(F)(F)F. The van der Waals surface area contributed by atoms with Gasteiger partial charge in [0.1, 0.15) is 22.7 Å². The van der Waals surface area contributed by atoms with E-state index >= 15 is 0 Å². The van der Waals surface area contributed by atoms with Crippen LogP contribution in [0.3, 0.4) is 0 Å². The predicted octanol–water partition coefficient (Wildman–Crippen LogP) is 3.92. The Morgan fingerprint density at radius 1 is 1.23 bits per heavy atom. The van der Waals surface area contributed by atoms with Crippen molar-refractivity contribution in [2.24, 2.45) is 0 Å². The highest BCUT2D eigenvalue weighted by molar-refractivity contribution is 7.89. The zero-order chi connectivity index (χ0) is 25.5. The number of nitrogens with zero attached hydrogens (tertiary/aromatic N) is 5. The molecule has 0 amide bonds. The zero-order valence-electron chi connectivity index (χ0n) is 17.9. The number of rotatable bonds is 7. The van der Waals surface area contributed by atoms with Gasteiger partial charge in [0.25, 0.3) is 0 Å². The van der Waals surface area contributed by atoms with Gasteiger partial charge in [-0.25, -0.2) is 13.4 Å². The summed E-state index contributed by atoms with van der Waals surface area (Å²) >= 11 is 0. The highest BCUT2D eigenvalue weighted by Gasteiger charge is 2.39. The lowest BCUT2D eigenvalue weighted by molar-refractivity contribution is -0.147. The molecule has 0 saturated heterocycles. The average Bonchev–Trinajstić information content (AvgIpc) is 3.04. The van der Waals surface area contributed by atoms with E-state index in [1.54, 1.807) is 9.29 Å². The van der Waals surface area contributed by atoms with Gasteiger partial charge in [0.2, 0.25) is 10.0 Å². The molecule has 1 N–H and O–H groups in total. The van der Waals surface area contributed by atoms with Gasteiger partial charge >= 0.3 is 18.8 Å². The van der Waals surface area contributed by atoms with Gasteiger partial charge in [0.05, 0.1) is 22.3 Å². The largest absolute Gasteiger partial charge is 0.404 e. The number of pyridine rings is 1. The molecule has 4 rings (SSSR count). The molecule has 1 atom stereocenters. The minimum atomic E-state index is -4.78. The number of hydrogen-bond acceptors (Lipinski definition) is 7. The van der Waals surface area contributed by atoms with Crippen molar-refractivity contribution in [3.63, 3.8) is 0 Å². The van der Waals surface area contributed by atoms with E-state index in [-0.39, 0.29) is 34.0 Å². The molecule has 3 heterocycles. The predicted molar refractivity (Wildman–Crippen MR) is 111 cm³/mol. The molecule has 35 heavy (non-hydrogen) atoms. The van der Waals surface area contributed by atoms with Crippen LogP contribution in [0.2, 0.25) is 0 Å². The maximum Gasteiger partial charge on any atom is 0.404 e. The summed E-state index contributed by atoms with van der Waals surface area (Å²) in [4.78, 5) is 11.4. The van der Waals surface area contributed by atoms with Crippen LogP contribution in [-0.4, -0.2) is 46.8 Å². The molecular weight excluding hydrogens is 499 g/mol. The van der Waals surface area contributed by atoms with Crippen molar-refractivity contribution in [3.05, 3.63) is 30.1 Å². The summed E-state index contributed by atoms with van der Waals surface area (Å²) in [5.74, 6) is 0. The van der Waals surface area contributed by atoms with Crippen LogP contribution in [0.25, 0.3) is 22.4 Å². The van der Waals surface area contributed by atoms with Crippen molar-refractivity contribution in [3.8, 4) is 23.5 Å². The smallest absolute Gasteiger partial charge is 0.401 e. The Balaban J connectivity index is 1.80. The van der Waals surface area contributed by atoms with Crippen LogP contribution in [0, 0.1) is 11.3 Å². The molecule has 9 nitrogen and oxygen atoms in total. The monoisotopic (exact) mass is 516 g/mol. The third kappa shape index (κ3) is 4.76. The second-order valence-corrected chi connectivity index (χ2v) is 9.54. The van der Waals surface area contributed by atoms with Crippen LogP contribution in [0.5, 0.6) is 6.01 Å². The van der Waals surface area contributed by atoms with E-state index in [1.165, 1.54) is 12.3 Å². The number of alkyl halides is 5. The second kappa shape index (κ2) is 9.00. The van der Waals surface area contributed by atoms with Gasteiger partial charge in [0.15, 0.2) is 0 Å². The molecule has 0 aliphatic heterocycles. The fraction of sp³-hybridized carbons (Fsp3) is 0.400. The first-order chi connectivity index (χ1) is 16.4. The quantitative estimate of drug-likeness (QED) is 0.472. The lowest BCUT2D eigenvalue weighted by Gasteiger charge is -2.29. The van der Waals surface area contributed by atoms with E-state index in [2.05, 4.69) is 19.7 Å². The molecule has 1 saturated carbocycles. The minimum Gasteiger partial charge on any atom is -0.401 e. The summed E-state index contributed by atoms with van der Waals surface area (Å²) < 4.78 is 95.9. The summed E-state index contributed by atoms with van der Waals surface area (Å²) in [6.45, 7) is -2.48. The van der Waals surface area contributed by atoms with Crippen LogP contribution >= 0.6 is 0 Å². The molecule has 0 radical (unpaired) electrons. The number of fused-ring (bicyclic) bond motifs is 1. The zero-order valence-corrected chi connectivity index (χ0v) is 18.7. The molecule has 1 aliphatic carbocycles. The number of aromatic nitrogens is 4. The Bertz CT molecular complexity index is 1400. The fourth-order valence-corrected chi connectivity index (χ4v) is 4.79. The summed E-state index contributed by atoms with van der Waals surface area (Å²) in [5.41, 5.74) is 0.662. The first kappa shape index (κ1) is 24.7. The molecule has 1 aliphatic rings. The maximum atomic E-state index is 12.8. The maximum absolute atomic E-state index is 12.8. The molecule has 0 bridgehead atoms. The first-order valence-corrected chi connectivity index (χ1v) is 11.7. The molecular formula is C20H17F5N6O3S. The fourth-order valence-electron chi connectivity index (χ4n) is 3.62. The molecule has 3 aromatic rings. The molecule has 186 valence electrons. The Hall–Kier alpha value is -3.38. The summed E-state index contributed by atoms with van der Waals surface area (Å²) in [7, 11) is -4.53. The molecule has 0 unspecified atom stereocenters. The van der Waals surface area contributed by atoms with E-state index in [9.17, 15) is 35.6 Å². The van der Waals surface area contributed by atoms with Gasteiger partial charge in [-0.2, -0.15) is 36.9 Å². The van der Waals surface area contributed by atoms with Gasteiger partial charge in [-0.1, -0.05) is 0 Å². The number of ether oxygens (including phenoxy) is 1. The van der Waals surface area contributed by atoms with Gasteiger partial charge in [-0.3, -0.25) is 4.98 Å². The summed E-state index contributed by atoms with van der Waals surface area (Å²) in [6.07, 6.45) is -0.421. The van der Waals surface area contributed by atoms with Crippen molar-refractivity contribution in [1.29, 1.82) is 5.26 Å². The Morgan fingerprint density at radius 2 is 1.94 bits per heavy atom. The molecule has 15 heteroatoms. The lowest BCUT2D eigenvalue weighted by atomic mass is 9.92. The van der Waals surface area contributed by atoms with Crippen molar-refractivity contribution >= 4 is 21.1 Å². The van der Waals surface area contributed by atoms with E-state index in [0.717, 1.165) is 18.7 Å². The number of nitriles is 1. The summed E-state index contributed by atoms with van der Waals surface area (Å²) in [6, 6.07) is 1.30. The standard InChI is InChI=1S/C20H17F5N6O3S/c1-10(20(23,24)25)30-35(32,33)12-5-6-15(27-8-12)16-13(7-26)14-9-28-19(34-18(21)22)29-17(14)31(16)11-3-2-4-11/h5-6,8-11,18,30H,2-4H2,1H3/t10-/m0/s1. The Kier molecular flexibility index (Phi) is 6.36. The molecule has 3 aromatic heterocycles. The highest BCUT2D eigenvalue weighted by atomic mass is 32.2. The van der Waals surface area contributed by atoms with Crippen LogP contribution in [-0.2, 0) is 10.0 Å². The minimum absolute atomic E-state index is 0.0856. The van der Waals surface area contributed by atoms with Crippen LogP contribution in [0.4, 0.5) is 22.0 Å². The van der Waals surface area contributed by atoms with E-state index in [4.69, 9.17) is 0 Å². The van der Waals surface area contributed by atoms with Gasteiger partial charge in [-0.05, 0) is 38.3 Å². The highest BCUT2D eigenvalue weighted by Crippen LogP contribution is 2.41. The van der Waals surface area contributed by atoms with Gasteiger partial charge in [-0.15, -0.1) is 0 Å². The van der Waals surface area contributed by atoms with Crippen molar-refractivity contribution in [2.75, 3.05) is 0 Å². The van der Waals surface area contributed by atoms with Crippen molar-refractivity contribution in [1.82, 2.24) is 24.2 Å². The van der Waals surface area contributed by atoms with Crippen LogP contribution < -0.4 is 9.46 Å².